The van der Waals surface area contributed by atoms with Crippen molar-refractivity contribution in [3.8, 4) is 5.75 Å². The lowest BCUT2D eigenvalue weighted by atomic mass is 10.2. The van der Waals surface area contributed by atoms with Crippen LogP contribution in [0.3, 0.4) is 0 Å². The van der Waals surface area contributed by atoms with Crippen LogP contribution in [0.25, 0.3) is 10.9 Å². The summed E-state index contributed by atoms with van der Waals surface area (Å²) in [6.45, 7) is 0. The van der Waals surface area contributed by atoms with Gasteiger partial charge in [-0.1, -0.05) is 30.3 Å². The summed E-state index contributed by atoms with van der Waals surface area (Å²) in [5.74, 6) is 0.125. The number of phenolic OH excluding ortho intramolecular Hbond substituents is 1. The summed E-state index contributed by atoms with van der Waals surface area (Å²) < 4.78 is 0. The Morgan fingerprint density at radius 2 is 1.83 bits per heavy atom. The Hall–Kier alpha value is -2.55. The molecular formula is C15H13NO2. The summed E-state index contributed by atoms with van der Waals surface area (Å²) in [5.41, 5.74) is 1.70. The first-order valence-corrected chi connectivity index (χ1v) is 5.56. The van der Waals surface area contributed by atoms with Crippen molar-refractivity contribution in [1.29, 1.82) is 0 Å². The van der Waals surface area contributed by atoms with E-state index in [1.165, 1.54) is 23.0 Å². The Kier molecular flexibility index (Phi) is 3.76. The molecule has 3 rings (SSSR count). The second-order valence-electron chi connectivity index (χ2n) is 3.78. The number of H-pyrrole nitrogens is 1. The number of fused-ring (bicyclic) bond motifs is 1. The lowest BCUT2D eigenvalue weighted by Gasteiger charge is -1.89. The number of para-hydroxylation sites is 1. The summed E-state index contributed by atoms with van der Waals surface area (Å²) in [5, 5.41) is 10.1. The van der Waals surface area contributed by atoms with Gasteiger partial charge in [-0.05, 0) is 29.7 Å². The molecule has 0 aliphatic carbocycles. The van der Waals surface area contributed by atoms with Gasteiger partial charge in [-0.3, -0.25) is 4.79 Å². The van der Waals surface area contributed by atoms with E-state index < -0.39 is 0 Å². The zero-order chi connectivity index (χ0) is 12.8. The van der Waals surface area contributed by atoms with Crippen LogP contribution in [0.2, 0.25) is 0 Å². The minimum atomic E-state index is 0.125. The average molecular weight is 239 g/mol. The molecule has 2 N–H and O–H groups in total. The number of phenols is 1. The number of hydrogen-bond acceptors (Lipinski definition) is 2. The highest BCUT2D eigenvalue weighted by atomic mass is 16.3. The highest BCUT2D eigenvalue weighted by molar-refractivity contribution is 5.78. The molecule has 2 aromatic carbocycles. The topological polar surface area (TPSA) is 53.1 Å². The molecule has 0 radical (unpaired) electrons. The van der Waals surface area contributed by atoms with Crippen molar-refractivity contribution in [3.05, 3.63) is 66.4 Å². The fraction of sp³-hybridized carbons (Fsp3) is 0. The van der Waals surface area contributed by atoms with Crippen LogP contribution in [0.5, 0.6) is 5.75 Å². The largest absolute Gasteiger partial charge is 0.508 e. The first-order chi connectivity index (χ1) is 8.79. The molecule has 3 aromatic rings. The summed E-state index contributed by atoms with van der Waals surface area (Å²) in [4.78, 5) is 13.2. The molecule has 90 valence electrons. The van der Waals surface area contributed by atoms with Crippen LogP contribution in [0.15, 0.2) is 60.8 Å². The summed E-state index contributed by atoms with van der Waals surface area (Å²) in [6, 6.07) is 16.5. The number of aromatic nitrogens is 1. The van der Waals surface area contributed by atoms with Crippen LogP contribution >= 0.6 is 0 Å². The number of aldehydes is 1. The SMILES string of the molecule is O=Cc1cccc(O)c1.c1ccc2[nH]ccc2c1. The molecule has 0 atom stereocenters. The van der Waals surface area contributed by atoms with E-state index >= 15 is 0 Å². The van der Waals surface area contributed by atoms with Gasteiger partial charge in [0.15, 0.2) is 0 Å². The minimum Gasteiger partial charge on any atom is -0.508 e. The van der Waals surface area contributed by atoms with E-state index in [2.05, 4.69) is 23.2 Å². The van der Waals surface area contributed by atoms with Crippen LogP contribution in [0, 0.1) is 0 Å². The molecule has 0 bridgehead atoms. The molecule has 3 heteroatoms. The van der Waals surface area contributed by atoms with Crippen molar-refractivity contribution in [2.75, 3.05) is 0 Å². The Morgan fingerprint density at radius 3 is 2.50 bits per heavy atom. The predicted octanol–water partition coefficient (Wildman–Crippen LogP) is 3.37. The predicted molar refractivity (Wildman–Crippen MR) is 71.8 cm³/mol. The Labute approximate surface area is 105 Å². The zero-order valence-corrected chi connectivity index (χ0v) is 9.71. The van der Waals surface area contributed by atoms with Gasteiger partial charge in [-0.15, -0.1) is 0 Å². The van der Waals surface area contributed by atoms with E-state index in [-0.39, 0.29) is 5.75 Å². The van der Waals surface area contributed by atoms with E-state index in [0.717, 1.165) is 0 Å². The lowest BCUT2D eigenvalue weighted by molar-refractivity contribution is 0.112. The van der Waals surface area contributed by atoms with Crippen molar-refractivity contribution < 1.29 is 9.90 Å². The number of carbonyl (C=O) groups excluding carboxylic acids is 1. The molecule has 1 heterocycles. The fourth-order valence-electron chi connectivity index (χ4n) is 1.59. The van der Waals surface area contributed by atoms with Crippen molar-refractivity contribution in [1.82, 2.24) is 4.98 Å². The average Bonchev–Trinajstić information content (AvgIpc) is 2.87. The molecule has 1 aromatic heterocycles. The summed E-state index contributed by atoms with van der Waals surface area (Å²) >= 11 is 0. The maximum Gasteiger partial charge on any atom is 0.150 e. The fourth-order valence-corrected chi connectivity index (χ4v) is 1.59. The van der Waals surface area contributed by atoms with Gasteiger partial charge in [0.2, 0.25) is 0 Å². The molecule has 3 nitrogen and oxygen atoms in total. The van der Waals surface area contributed by atoms with Gasteiger partial charge in [-0.2, -0.15) is 0 Å². The summed E-state index contributed by atoms with van der Waals surface area (Å²) in [6.07, 6.45) is 2.64. The summed E-state index contributed by atoms with van der Waals surface area (Å²) in [7, 11) is 0. The number of rotatable bonds is 1. The molecule has 0 fully saturated rings. The zero-order valence-electron chi connectivity index (χ0n) is 9.71. The number of nitrogens with one attached hydrogen (secondary N) is 1. The van der Waals surface area contributed by atoms with Crippen molar-refractivity contribution in [2.24, 2.45) is 0 Å². The van der Waals surface area contributed by atoms with Crippen LogP contribution in [0.4, 0.5) is 0 Å². The van der Waals surface area contributed by atoms with E-state index in [1.54, 1.807) is 12.1 Å². The smallest absolute Gasteiger partial charge is 0.150 e. The van der Waals surface area contributed by atoms with Crippen molar-refractivity contribution in [2.45, 2.75) is 0 Å². The molecule has 0 spiro atoms. The quantitative estimate of drug-likeness (QED) is 0.640. The number of carbonyl (C=O) groups is 1. The van der Waals surface area contributed by atoms with Gasteiger partial charge >= 0.3 is 0 Å². The first kappa shape index (κ1) is 11.9. The second kappa shape index (κ2) is 5.68. The molecule has 18 heavy (non-hydrogen) atoms. The molecule has 0 aliphatic heterocycles. The van der Waals surface area contributed by atoms with Gasteiger partial charge in [0.05, 0.1) is 0 Å². The van der Waals surface area contributed by atoms with Crippen LogP contribution in [0.1, 0.15) is 10.4 Å². The second-order valence-corrected chi connectivity index (χ2v) is 3.78. The highest BCUT2D eigenvalue weighted by Crippen LogP contribution is 2.09. The van der Waals surface area contributed by atoms with Gasteiger partial charge in [0.25, 0.3) is 0 Å². The molecular weight excluding hydrogens is 226 g/mol. The Balaban J connectivity index is 0.000000134. The Morgan fingerprint density at radius 1 is 1.00 bits per heavy atom. The van der Waals surface area contributed by atoms with Gasteiger partial charge < -0.3 is 10.1 Å². The van der Waals surface area contributed by atoms with Gasteiger partial charge in [0.1, 0.15) is 12.0 Å². The highest BCUT2D eigenvalue weighted by Gasteiger charge is 1.88. The van der Waals surface area contributed by atoms with Crippen molar-refractivity contribution in [3.63, 3.8) is 0 Å². The molecule has 0 unspecified atom stereocenters. The minimum absolute atomic E-state index is 0.125. The standard InChI is InChI=1S/C8H7N.C7H6O2/c1-2-4-8-7(3-1)5-6-9-8;8-5-6-2-1-3-7(9)4-6/h1-6,9H;1-5,9H. The Bertz CT molecular complexity index is 613. The molecule has 0 amide bonds. The lowest BCUT2D eigenvalue weighted by Crippen LogP contribution is -1.75. The molecule has 0 saturated carbocycles. The third-order valence-corrected chi connectivity index (χ3v) is 2.47. The van der Waals surface area contributed by atoms with Crippen LogP contribution in [-0.4, -0.2) is 16.4 Å². The number of aromatic amines is 1. The maximum atomic E-state index is 10.0. The van der Waals surface area contributed by atoms with E-state index in [1.807, 2.05) is 18.3 Å². The number of hydrogen-bond donors (Lipinski definition) is 2. The molecule has 0 saturated heterocycles. The van der Waals surface area contributed by atoms with E-state index in [9.17, 15) is 4.79 Å². The van der Waals surface area contributed by atoms with Gasteiger partial charge in [0, 0.05) is 17.3 Å². The third-order valence-electron chi connectivity index (χ3n) is 2.47. The van der Waals surface area contributed by atoms with Crippen molar-refractivity contribution >= 4 is 17.2 Å². The van der Waals surface area contributed by atoms with Crippen LogP contribution in [-0.2, 0) is 0 Å². The number of benzene rings is 2. The number of aromatic hydroxyl groups is 1. The van der Waals surface area contributed by atoms with E-state index in [4.69, 9.17) is 5.11 Å². The monoisotopic (exact) mass is 239 g/mol. The van der Waals surface area contributed by atoms with E-state index in [0.29, 0.717) is 11.8 Å². The normalized spacial score (nSPS) is 9.56. The van der Waals surface area contributed by atoms with Gasteiger partial charge in [-0.25, -0.2) is 0 Å². The first-order valence-electron chi connectivity index (χ1n) is 5.56. The maximum absolute atomic E-state index is 10.0. The third kappa shape index (κ3) is 2.98. The molecule has 0 aliphatic rings. The van der Waals surface area contributed by atoms with Crippen LogP contribution < -0.4 is 0 Å².